The number of carbonyl (C=O) groups excluding carboxylic acids is 1. The van der Waals surface area contributed by atoms with Crippen LogP contribution in [0, 0.1) is 0 Å². The molecule has 2 N–H and O–H groups in total. The van der Waals surface area contributed by atoms with Crippen LogP contribution in [0.5, 0.6) is 0 Å². The van der Waals surface area contributed by atoms with Crippen LogP contribution in [0.25, 0.3) is 0 Å². The van der Waals surface area contributed by atoms with E-state index in [-0.39, 0.29) is 0 Å². The summed E-state index contributed by atoms with van der Waals surface area (Å²) in [6.45, 7) is 0. The number of nitrogens with zero attached hydrogens (tertiary/aromatic N) is 1. The van der Waals surface area contributed by atoms with E-state index in [0.29, 0.717) is 0 Å². The minimum absolute atomic E-state index is 0.860. The lowest BCUT2D eigenvalue weighted by Gasteiger charge is -2.05. The van der Waals surface area contributed by atoms with E-state index < -0.39 is 21.6 Å². The summed E-state index contributed by atoms with van der Waals surface area (Å²) in [5.41, 5.74) is -4.07. The first-order chi connectivity index (χ1) is 7.74. The fraction of sp³-hybridized carbons (Fsp3) is 0.143. The first-order valence-corrected chi connectivity index (χ1v) is 5.57. The molecule has 17 heavy (non-hydrogen) atoms. The van der Waals surface area contributed by atoms with Crippen LogP contribution in [0.3, 0.4) is 0 Å². The quantitative estimate of drug-likeness (QED) is 0.581. The van der Waals surface area contributed by atoms with E-state index in [2.05, 4.69) is 0 Å². The molecule has 0 radical (unpaired) electrons. The Morgan fingerprint density at radius 1 is 1.12 bits per heavy atom. The Morgan fingerprint density at radius 3 is 2.12 bits per heavy atom. The predicted octanol–water partition coefficient (Wildman–Crippen LogP) is -0.114. The van der Waals surface area contributed by atoms with E-state index in [9.17, 15) is 26.4 Å². The summed E-state index contributed by atoms with van der Waals surface area (Å²) in [5, 5.41) is 0. The van der Waals surface area contributed by atoms with Crippen molar-refractivity contribution in [2.24, 2.45) is 0 Å². The SMILES string of the molecule is O=C(NNS(=O)(=O)C(F)(F)F)[n+]1ccccc1. The number of rotatable bonds is 2. The Morgan fingerprint density at radius 2 is 1.65 bits per heavy atom. The second kappa shape index (κ2) is 4.67. The standard InChI is InChI=1S/C7H6F3N3O3S/c8-7(9,10)17(15,16)12-11-6(14)13-4-2-1-3-5-13/h1-5,12H/p+1. The first kappa shape index (κ1) is 13.4. The molecular weight excluding hydrogens is 263 g/mol. The molecule has 94 valence electrons. The van der Waals surface area contributed by atoms with Crippen LogP contribution in [0.1, 0.15) is 0 Å². The molecule has 6 nitrogen and oxygen atoms in total. The number of hydrazine groups is 1. The van der Waals surface area contributed by atoms with Gasteiger partial charge in [0.25, 0.3) is 0 Å². The van der Waals surface area contributed by atoms with E-state index >= 15 is 0 Å². The van der Waals surface area contributed by atoms with Crippen molar-refractivity contribution in [1.29, 1.82) is 0 Å². The minimum Gasteiger partial charge on any atom is -0.199 e. The number of alkyl halides is 3. The Bertz CT molecular complexity index is 500. The molecule has 0 aliphatic heterocycles. The van der Waals surface area contributed by atoms with Crippen LogP contribution >= 0.6 is 0 Å². The van der Waals surface area contributed by atoms with Crippen molar-refractivity contribution in [3.05, 3.63) is 30.6 Å². The highest BCUT2D eigenvalue weighted by atomic mass is 32.2. The van der Waals surface area contributed by atoms with Crippen molar-refractivity contribution < 1.29 is 31.0 Å². The third-order valence-corrected chi connectivity index (χ3v) is 2.53. The molecule has 0 fully saturated rings. The van der Waals surface area contributed by atoms with Gasteiger partial charge in [0.05, 0.1) is 12.4 Å². The second-order valence-corrected chi connectivity index (χ2v) is 4.44. The molecule has 1 aromatic rings. The van der Waals surface area contributed by atoms with Crippen molar-refractivity contribution in [2.45, 2.75) is 5.51 Å². The normalized spacial score (nSPS) is 12.2. The Hall–Kier alpha value is -1.68. The summed E-state index contributed by atoms with van der Waals surface area (Å²) in [6.07, 6.45) is 2.47. The summed E-state index contributed by atoms with van der Waals surface area (Å²) >= 11 is 0. The summed E-state index contributed by atoms with van der Waals surface area (Å²) < 4.78 is 57.5. The number of hydrogen-bond acceptors (Lipinski definition) is 3. The Balaban J connectivity index is 2.68. The van der Waals surface area contributed by atoms with Gasteiger partial charge in [-0.15, -0.1) is 5.43 Å². The number of amides is 1. The summed E-state index contributed by atoms with van der Waals surface area (Å²) in [7, 11) is -5.60. The number of halogens is 3. The van der Waals surface area contributed by atoms with Gasteiger partial charge < -0.3 is 0 Å². The van der Waals surface area contributed by atoms with Gasteiger partial charge in [0.2, 0.25) is 0 Å². The van der Waals surface area contributed by atoms with E-state index in [4.69, 9.17) is 0 Å². The average molecular weight is 270 g/mol. The van der Waals surface area contributed by atoms with Gasteiger partial charge in [-0.3, -0.25) is 0 Å². The molecule has 0 saturated heterocycles. The van der Waals surface area contributed by atoms with Crippen LogP contribution < -0.4 is 14.8 Å². The van der Waals surface area contributed by atoms with E-state index in [1.807, 2.05) is 0 Å². The maximum Gasteiger partial charge on any atom is 0.514 e. The molecule has 0 aromatic carbocycles. The van der Waals surface area contributed by atoms with Crippen molar-refractivity contribution in [1.82, 2.24) is 10.3 Å². The third-order valence-electron chi connectivity index (χ3n) is 1.55. The molecule has 1 rings (SSSR count). The van der Waals surface area contributed by atoms with E-state index in [0.717, 1.165) is 9.40 Å². The predicted molar refractivity (Wildman–Crippen MR) is 48.7 cm³/mol. The van der Waals surface area contributed by atoms with E-state index in [1.54, 1.807) is 6.07 Å². The highest BCUT2D eigenvalue weighted by Crippen LogP contribution is 2.20. The van der Waals surface area contributed by atoms with Crippen molar-refractivity contribution in [2.75, 3.05) is 0 Å². The summed E-state index contributed by atoms with van der Waals surface area (Å²) in [4.78, 5) is 12.1. The Labute approximate surface area is 94.1 Å². The fourth-order valence-corrected chi connectivity index (χ4v) is 1.10. The number of sulfonamides is 1. The van der Waals surface area contributed by atoms with Gasteiger partial charge in [0.1, 0.15) is 0 Å². The topological polar surface area (TPSA) is 79.2 Å². The second-order valence-electron chi connectivity index (χ2n) is 2.76. The maximum atomic E-state index is 11.9. The van der Waals surface area contributed by atoms with Crippen molar-refractivity contribution in [3.63, 3.8) is 0 Å². The maximum absolute atomic E-state index is 11.9. The molecular formula is C7H7F3N3O3S+. The van der Waals surface area contributed by atoms with Crippen LogP contribution in [0.2, 0.25) is 0 Å². The molecule has 1 amide bonds. The summed E-state index contributed by atoms with van der Waals surface area (Å²) in [6, 6.07) is 3.39. The van der Waals surface area contributed by atoms with Gasteiger partial charge in [-0.25, -0.2) is 0 Å². The number of hydrogen-bond donors (Lipinski definition) is 2. The average Bonchev–Trinajstić information content (AvgIpc) is 2.25. The van der Waals surface area contributed by atoms with Crippen LogP contribution in [0.15, 0.2) is 30.6 Å². The highest BCUT2D eigenvalue weighted by Gasteiger charge is 2.47. The van der Waals surface area contributed by atoms with Gasteiger partial charge >= 0.3 is 21.6 Å². The molecule has 0 aliphatic rings. The summed E-state index contributed by atoms with van der Waals surface area (Å²) in [5.74, 6) is 0. The molecule has 1 heterocycles. The van der Waals surface area contributed by atoms with Gasteiger partial charge in [0.15, 0.2) is 0 Å². The largest absolute Gasteiger partial charge is 0.514 e. The number of pyridine rings is 1. The van der Waals surface area contributed by atoms with Gasteiger partial charge in [-0.05, 0) is 17.0 Å². The monoisotopic (exact) mass is 270 g/mol. The zero-order valence-corrected chi connectivity index (χ0v) is 8.92. The lowest BCUT2D eigenvalue weighted by atomic mass is 10.5. The first-order valence-electron chi connectivity index (χ1n) is 4.09. The molecule has 0 aliphatic carbocycles. The van der Waals surface area contributed by atoms with Crippen LogP contribution in [-0.2, 0) is 10.0 Å². The lowest BCUT2D eigenvalue weighted by molar-refractivity contribution is -0.572. The molecule has 0 atom stereocenters. The van der Waals surface area contributed by atoms with Gasteiger partial charge in [-0.2, -0.15) is 31.0 Å². The molecule has 10 heteroatoms. The minimum atomic E-state index is -5.60. The number of nitrogens with one attached hydrogen (secondary N) is 2. The fourth-order valence-electron chi connectivity index (χ4n) is 0.767. The zero-order chi connectivity index (χ0) is 13.1. The molecule has 1 aromatic heterocycles. The molecule has 0 unspecified atom stereocenters. The number of aromatic nitrogens is 1. The van der Waals surface area contributed by atoms with Gasteiger partial charge in [-0.1, -0.05) is 6.07 Å². The van der Waals surface area contributed by atoms with Crippen LogP contribution in [0.4, 0.5) is 18.0 Å². The van der Waals surface area contributed by atoms with Crippen LogP contribution in [-0.4, -0.2) is 20.0 Å². The third kappa shape index (κ3) is 3.39. The molecule has 0 saturated carbocycles. The lowest BCUT2D eigenvalue weighted by Crippen LogP contribution is -2.57. The molecule has 0 spiro atoms. The van der Waals surface area contributed by atoms with E-state index in [1.165, 1.54) is 30.0 Å². The number of carbonyl (C=O) groups is 1. The molecule has 0 bridgehead atoms. The van der Waals surface area contributed by atoms with Gasteiger partial charge in [0, 0.05) is 0 Å². The zero-order valence-electron chi connectivity index (χ0n) is 8.10. The Kier molecular flexibility index (Phi) is 3.68. The van der Waals surface area contributed by atoms with Crippen molar-refractivity contribution >= 4 is 16.1 Å². The highest BCUT2D eigenvalue weighted by molar-refractivity contribution is 7.90. The smallest absolute Gasteiger partial charge is 0.199 e. The van der Waals surface area contributed by atoms with Crippen molar-refractivity contribution in [3.8, 4) is 0 Å².